The van der Waals surface area contributed by atoms with Gasteiger partial charge in [0.05, 0.1) is 0 Å². The number of likely N-dealkylation sites (N-methyl/N-ethyl adjacent to an activating group) is 1. The summed E-state index contributed by atoms with van der Waals surface area (Å²) in [5, 5.41) is 3.39. The zero-order valence-electron chi connectivity index (χ0n) is 10.1. The maximum atomic E-state index is 5.70. The van der Waals surface area contributed by atoms with Crippen LogP contribution in [-0.4, -0.2) is 37.1 Å². The fraction of sp³-hybridized carbons (Fsp3) is 0.417. The minimum atomic E-state index is 0.441. The number of hydrogen-bond acceptors (Lipinski definition) is 3. The largest absolute Gasteiger partial charge is 0.389 e. The predicted molar refractivity (Wildman–Crippen MR) is 74.1 cm³/mol. The second kappa shape index (κ2) is 5.82. The Labute approximate surface area is 103 Å². The number of nitrogens with two attached hydrogens (primary N) is 1. The fourth-order valence-electron chi connectivity index (χ4n) is 1.51. The van der Waals surface area contributed by atoms with Gasteiger partial charge in [-0.3, -0.25) is 0 Å². The molecule has 0 unspecified atom stereocenters. The summed E-state index contributed by atoms with van der Waals surface area (Å²) in [6.45, 7) is 3.92. The van der Waals surface area contributed by atoms with Crippen molar-refractivity contribution in [1.29, 1.82) is 0 Å². The third-order valence-electron chi connectivity index (χ3n) is 2.40. The van der Waals surface area contributed by atoms with Gasteiger partial charge in [0.1, 0.15) is 4.99 Å². The summed E-state index contributed by atoms with van der Waals surface area (Å²) in [5.74, 6) is 0. The van der Waals surface area contributed by atoms with E-state index < -0.39 is 0 Å². The van der Waals surface area contributed by atoms with Crippen molar-refractivity contribution in [2.24, 2.45) is 5.73 Å². The summed E-state index contributed by atoms with van der Waals surface area (Å²) in [5.41, 5.74) is 8.84. The van der Waals surface area contributed by atoms with E-state index >= 15 is 0 Å². The smallest absolute Gasteiger partial charge is 0.106 e. The van der Waals surface area contributed by atoms with Crippen molar-refractivity contribution in [3.8, 4) is 0 Å². The van der Waals surface area contributed by atoms with Crippen molar-refractivity contribution >= 4 is 22.9 Å². The molecule has 0 aliphatic rings. The molecule has 0 atom stereocenters. The van der Waals surface area contributed by atoms with E-state index in [1.54, 1.807) is 0 Å². The molecular weight excluding hydrogens is 218 g/mol. The molecule has 1 aromatic rings. The van der Waals surface area contributed by atoms with Crippen LogP contribution in [0.15, 0.2) is 18.2 Å². The highest BCUT2D eigenvalue weighted by molar-refractivity contribution is 7.80. The number of aryl methyl sites for hydroxylation is 1. The van der Waals surface area contributed by atoms with Gasteiger partial charge in [-0.25, -0.2) is 0 Å². The van der Waals surface area contributed by atoms with E-state index in [0.717, 1.165) is 24.3 Å². The molecule has 3 nitrogen and oxygen atoms in total. The second-order valence-electron chi connectivity index (χ2n) is 4.09. The van der Waals surface area contributed by atoms with Gasteiger partial charge in [0.25, 0.3) is 0 Å². The van der Waals surface area contributed by atoms with E-state index in [2.05, 4.69) is 23.2 Å². The first kappa shape index (κ1) is 12.9. The SMILES string of the molecule is Cc1cccc(C(N)=S)c1NCCN(C)C. The van der Waals surface area contributed by atoms with Crippen LogP contribution in [0.2, 0.25) is 0 Å². The molecule has 0 bridgehead atoms. The number of benzene rings is 1. The molecule has 16 heavy (non-hydrogen) atoms. The zero-order chi connectivity index (χ0) is 12.1. The number of para-hydroxylation sites is 1. The van der Waals surface area contributed by atoms with E-state index in [1.807, 2.05) is 26.2 Å². The molecule has 0 aliphatic heterocycles. The highest BCUT2D eigenvalue weighted by Gasteiger charge is 2.06. The van der Waals surface area contributed by atoms with E-state index in [0.29, 0.717) is 4.99 Å². The van der Waals surface area contributed by atoms with E-state index in [9.17, 15) is 0 Å². The Morgan fingerprint density at radius 2 is 2.12 bits per heavy atom. The lowest BCUT2D eigenvalue weighted by Crippen LogP contribution is -2.22. The number of nitrogens with zero attached hydrogens (tertiary/aromatic N) is 1. The lowest BCUT2D eigenvalue weighted by atomic mass is 10.1. The summed E-state index contributed by atoms with van der Waals surface area (Å²) in [7, 11) is 4.10. The van der Waals surface area contributed by atoms with Gasteiger partial charge < -0.3 is 16.0 Å². The van der Waals surface area contributed by atoms with Crippen molar-refractivity contribution in [1.82, 2.24) is 4.90 Å². The number of hydrogen-bond donors (Lipinski definition) is 2. The standard InChI is InChI=1S/C12H19N3S/c1-9-5-4-6-10(12(13)16)11(9)14-7-8-15(2)3/h4-6,14H,7-8H2,1-3H3,(H2,13,16). The van der Waals surface area contributed by atoms with Crippen molar-refractivity contribution in [2.75, 3.05) is 32.5 Å². The maximum Gasteiger partial charge on any atom is 0.106 e. The molecule has 0 saturated carbocycles. The minimum Gasteiger partial charge on any atom is -0.389 e. The average molecular weight is 237 g/mol. The van der Waals surface area contributed by atoms with Gasteiger partial charge in [-0.1, -0.05) is 24.4 Å². The molecule has 0 aromatic heterocycles. The highest BCUT2D eigenvalue weighted by Crippen LogP contribution is 2.20. The molecule has 88 valence electrons. The monoisotopic (exact) mass is 237 g/mol. The Balaban J connectivity index is 2.80. The van der Waals surface area contributed by atoms with Crippen LogP contribution in [-0.2, 0) is 0 Å². The van der Waals surface area contributed by atoms with Crippen LogP contribution in [0.5, 0.6) is 0 Å². The van der Waals surface area contributed by atoms with Gasteiger partial charge in [-0.2, -0.15) is 0 Å². The number of nitrogens with one attached hydrogen (secondary N) is 1. The van der Waals surface area contributed by atoms with Gasteiger partial charge in [-0.05, 0) is 32.6 Å². The predicted octanol–water partition coefficient (Wildman–Crippen LogP) is 1.60. The molecule has 0 heterocycles. The lowest BCUT2D eigenvalue weighted by Gasteiger charge is -2.16. The third kappa shape index (κ3) is 3.47. The Kier molecular flexibility index (Phi) is 4.71. The van der Waals surface area contributed by atoms with E-state index in [4.69, 9.17) is 18.0 Å². The molecular formula is C12H19N3S. The normalized spacial score (nSPS) is 10.5. The summed E-state index contributed by atoms with van der Waals surface area (Å²) >= 11 is 5.04. The molecule has 3 N–H and O–H groups in total. The van der Waals surface area contributed by atoms with Crippen LogP contribution in [0.4, 0.5) is 5.69 Å². The second-order valence-corrected chi connectivity index (χ2v) is 4.53. The highest BCUT2D eigenvalue weighted by atomic mass is 32.1. The summed E-state index contributed by atoms with van der Waals surface area (Å²) in [4.78, 5) is 2.57. The summed E-state index contributed by atoms with van der Waals surface area (Å²) < 4.78 is 0. The number of anilines is 1. The molecule has 1 aromatic carbocycles. The first-order valence-corrected chi connectivity index (χ1v) is 5.71. The molecule has 0 spiro atoms. The topological polar surface area (TPSA) is 41.3 Å². The molecule has 0 radical (unpaired) electrons. The Bertz CT molecular complexity index is 375. The fourth-order valence-corrected chi connectivity index (χ4v) is 1.68. The third-order valence-corrected chi connectivity index (χ3v) is 2.62. The van der Waals surface area contributed by atoms with Gasteiger partial charge in [0.2, 0.25) is 0 Å². The molecule has 0 saturated heterocycles. The van der Waals surface area contributed by atoms with Crippen molar-refractivity contribution < 1.29 is 0 Å². The summed E-state index contributed by atoms with van der Waals surface area (Å²) in [6.07, 6.45) is 0. The van der Waals surface area contributed by atoms with Gasteiger partial charge in [0, 0.05) is 24.3 Å². The van der Waals surface area contributed by atoms with E-state index in [1.165, 1.54) is 5.56 Å². The molecule has 0 amide bonds. The van der Waals surface area contributed by atoms with Crippen LogP contribution >= 0.6 is 12.2 Å². The van der Waals surface area contributed by atoms with Gasteiger partial charge >= 0.3 is 0 Å². The molecule has 0 fully saturated rings. The zero-order valence-corrected chi connectivity index (χ0v) is 10.9. The van der Waals surface area contributed by atoms with Crippen molar-refractivity contribution in [2.45, 2.75) is 6.92 Å². The first-order chi connectivity index (χ1) is 7.52. The van der Waals surface area contributed by atoms with Crippen molar-refractivity contribution in [3.63, 3.8) is 0 Å². The quantitative estimate of drug-likeness (QED) is 0.763. The Morgan fingerprint density at radius 3 is 2.69 bits per heavy atom. The van der Waals surface area contributed by atoms with Crippen LogP contribution in [0.3, 0.4) is 0 Å². The average Bonchev–Trinajstić information content (AvgIpc) is 2.19. The first-order valence-electron chi connectivity index (χ1n) is 5.30. The minimum absolute atomic E-state index is 0.441. The van der Waals surface area contributed by atoms with Crippen LogP contribution < -0.4 is 11.1 Å². The van der Waals surface area contributed by atoms with Gasteiger partial charge in [0.15, 0.2) is 0 Å². The maximum absolute atomic E-state index is 5.70. The molecule has 1 rings (SSSR count). The Morgan fingerprint density at radius 1 is 1.44 bits per heavy atom. The Hall–Kier alpha value is -1.13. The van der Waals surface area contributed by atoms with Crippen molar-refractivity contribution in [3.05, 3.63) is 29.3 Å². The molecule has 4 heteroatoms. The van der Waals surface area contributed by atoms with Crippen LogP contribution in [0.1, 0.15) is 11.1 Å². The van der Waals surface area contributed by atoms with Crippen LogP contribution in [0, 0.1) is 6.92 Å². The van der Waals surface area contributed by atoms with Crippen LogP contribution in [0.25, 0.3) is 0 Å². The summed E-state index contributed by atoms with van der Waals surface area (Å²) in [6, 6.07) is 5.98. The molecule has 0 aliphatic carbocycles. The number of rotatable bonds is 5. The van der Waals surface area contributed by atoms with Gasteiger partial charge in [-0.15, -0.1) is 0 Å². The van der Waals surface area contributed by atoms with E-state index in [-0.39, 0.29) is 0 Å². The lowest BCUT2D eigenvalue weighted by molar-refractivity contribution is 0.425. The number of thiocarbonyl (C=S) groups is 1.